The molecule has 6 nitrogen and oxygen atoms in total. The number of carbonyl (C=O) groups is 1. The van der Waals surface area contributed by atoms with Gasteiger partial charge in [-0.05, 0) is 56.7 Å². The number of methoxy groups -OCH3 is 1. The van der Waals surface area contributed by atoms with Crippen LogP contribution in [0.15, 0.2) is 36.5 Å². The number of halogens is 1. The lowest BCUT2D eigenvalue weighted by Crippen LogP contribution is -2.55. The van der Waals surface area contributed by atoms with Crippen molar-refractivity contribution in [3.05, 3.63) is 36.5 Å². The first-order valence-electron chi connectivity index (χ1n) is 10.2. The summed E-state index contributed by atoms with van der Waals surface area (Å²) in [6.45, 7) is 2.02. The van der Waals surface area contributed by atoms with Gasteiger partial charge >= 0.3 is 0 Å². The number of anilines is 1. The minimum Gasteiger partial charge on any atom is -0.496 e. The lowest BCUT2D eigenvalue weighted by atomic mass is 9.74. The Labute approximate surface area is 176 Å². The molecule has 2 N–H and O–H groups in total. The van der Waals surface area contributed by atoms with Gasteiger partial charge in [-0.25, -0.2) is 9.97 Å². The molecule has 1 aromatic carbocycles. The van der Waals surface area contributed by atoms with E-state index >= 15 is 0 Å². The molecule has 1 aromatic heterocycles. The summed E-state index contributed by atoms with van der Waals surface area (Å²) in [5.41, 5.74) is 1.68. The van der Waals surface area contributed by atoms with Gasteiger partial charge in [0.1, 0.15) is 5.75 Å². The maximum absolute atomic E-state index is 12.7. The summed E-state index contributed by atoms with van der Waals surface area (Å²) in [6, 6.07) is 9.79. The van der Waals surface area contributed by atoms with Crippen LogP contribution in [0.5, 0.6) is 5.75 Å². The van der Waals surface area contributed by atoms with E-state index in [2.05, 4.69) is 20.6 Å². The van der Waals surface area contributed by atoms with Crippen molar-refractivity contribution < 1.29 is 9.53 Å². The molecule has 1 saturated carbocycles. The molecule has 0 bridgehead atoms. The highest BCUT2D eigenvalue weighted by Crippen LogP contribution is 2.37. The number of ether oxygens (including phenoxy) is 1. The third-order valence-electron chi connectivity index (χ3n) is 6.14. The molecule has 2 aromatic rings. The standard InChI is InChI=1S/C22H27ClN4O2/c1-13(17-12-14-11-15(23)7-8-18(14)26-21(17)28)25-22-24-10-9-19(27-22)16-5-3-4-6-20(16)29-2/h3-6,9-10,13-15,17-18H,7-8,11-12H2,1-2H3,(H,26,28)(H,24,25,27)/t13-,14?,15?,17?,18?/m0/s1. The molecule has 4 unspecified atom stereocenters. The van der Waals surface area contributed by atoms with Crippen molar-refractivity contribution in [1.29, 1.82) is 0 Å². The summed E-state index contributed by atoms with van der Waals surface area (Å²) in [5.74, 6) is 1.70. The summed E-state index contributed by atoms with van der Waals surface area (Å²) >= 11 is 6.37. The first kappa shape index (κ1) is 20.0. The Morgan fingerprint density at radius 3 is 2.90 bits per heavy atom. The average molecular weight is 415 g/mol. The lowest BCUT2D eigenvalue weighted by Gasteiger charge is -2.42. The monoisotopic (exact) mass is 414 g/mol. The Hall–Kier alpha value is -2.34. The second-order valence-corrected chi connectivity index (χ2v) is 8.64. The third kappa shape index (κ3) is 4.32. The summed E-state index contributed by atoms with van der Waals surface area (Å²) in [6.07, 6.45) is 5.49. The number of nitrogens with zero attached hydrogens (tertiary/aromatic N) is 2. The van der Waals surface area contributed by atoms with Gasteiger partial charge in [-0.1, -0.05) is 12.1 Å². The van der Waals surface area contributed by atoms with Crippen LogP contribution < -0.4 is 15.4 Å². The Bertz CT molecular complexity index is 877. The summed E-state index contributed by atoms with van der Waals surface area (Å²) in [5, 5.41) is 6.77. The van der Waals surface area contributed by atoms with Crippen molar-refractivity contribution in [2.75, 3.05) is 12.4 Å². The van der Waals surface area contributed by atoms with E-state index in [1.54, 1.807) is 13.3 Å². The molecule has 0 radical (unpaired) electrons. The Kier molecular flexibility index (Phi) is 5.90. The van der Waals surface area contributed by atoms with Gasteiger partial charge in [0.2, 0.25) is 11.9 Å². The van der Waals surface area contributed by atoms with Gasteiger partial charge in [0, 0.05) is 29.2 Å². The van der Waals surface area contributed by atoms with Crippen LogP contribution in [0.4, 0.5) is 5.95 Å². The molecule has 154 valence electrons. The van der Waals surface area contributed by atoms with E-state index < -0.39 is 0 Å². The van der Waals surface area contributed by atoms with Gasteiger partial charge in [0.15, 0.2) is 0 Å². The highest BCUT2D eigenvalue weighted by Gasteiger charge is 2.41. The zero-order valence-electron chi connectivity index (χ0n) is 16.8. The highest BCUT2D eigenvalue weighted by atomic mass is 35.5. The van der Waals surface area contributed by atoms with Crippen LogP contribution in [0.2, 0.25) is 0 Å². The zero-order valence-corrected chi connectivity index (χ0v) is 17.5. The van der Waals surface area contributed by atoms with Crippen LogP contribution in [0, 0.1) is 11.8 Å². The van der Waals surface area contributed by atoms with Gasteiger partial charge < -0.3 is 15.4 Å². The zero-order chi connectivity index (χ0) is 20.4. The molecule has 1 aliphatic heterocycles. The predicted octanol–water partition coefficient (Wildman–Crippen LogP) is 3.86. The topological polar surface area (TPSA) is 76.1 Å². The molecule has 7 heteroatoms. The number of hydrogen-bond donors (Lipinski definition) is 2. The molecular formula is C22H27ClN4O2. The number of amides is 1. The van der Waals surface area contributed by atoms with Crippen molar-refractivity contribution in [2.45, 2.75) is 50.1 Å². The minimum atomic E-state index is -0.128. The smallest absolute Gasteiger partial charge is 0.225 e. The molecule has 2 fully saturated rings. The summed E-state index contributed by atoms with van der Waals surface area (Å²) < 4.78 is 5.44. The SMILES string of the molecule is COc1ccccc1-c1ccnc(N[C@@H](C)C2CC3CC(Cl)CCC3NC2=O)n1. The molecular weight excluding hydrogens is 388 g/mol. The molecule has 5 atom stereocenters. The maximum atomic E-state index is 12.7. The summed E-state index contributed by atoms with van der Waals surface area (Å²) in [4.78, 5) is 21.7. The van der Waals surface area contributed by atoms with E-state index in [1.807, 2.05) is 37.3 Å². The molecule has 0 spiro atoms. The normalized spacial score (nSPS) is 27.5. The van der Waals surface area contributed by atoms with E-state index in [0.29, 0.717) is 11.9 Å². The fraction of sp³-hybridized carbons (Fsp3) is 0.500. The van der Waals surface area contributed by atoms with Gasteiger partial charge in [0.25, 0.3) is 0 Å². The molecule has 2 aliphatic rings. The van der Waals surface area contributed by atoms with E-state index in [-0.39, 0.29) is 29.3 Å². The average Bonchev–Trinajstić information content (AvgIpc) is 2.73. The Balaban J connectivity index is 1.48. The lowest BCUT2D eigenvalue weighted by molar-refractivity contribution is -0.130. The minimum absolute atomic E-state index is 0.0837. The van der Waals surface area contributed by atoms with Crippen LogP contribution in [-0.4, -0.2) is 40.4 Å². The number of benzene rings is 1. The largest absolute Gasteiger partial charge is 0.496 e. The number of aromatic nitrogens is 2. The van der Waals surface area contributed by atoms with Crippen LogP contribution in [0.1, 0.15) is 32.6 Å². The number of carbonyl (C=O) groups excluding carboxylic acids is 1. The number of para-hydroxylation sites is 1. The van der Waals surface area contributed by atoms with Crippen molar-refractivity contribution >= 4 is 23.5 Å². The van der Waals surface area contributed by atoms with Crippen LogP contribution in [0.3, 0.4) is 0 Å². The summed E-state index contributed by atoms with van der Waals surface area (Å²) in [7, 11) is 1.65. The quantitative estimate of drug-likeness (QED) is 0.726. The van der Waals surface area contributed by atoms with Gasteiger partial charge in [-0.2, -0.15) is 0 Å². The van der Waals surface area contributed by atoms with Gasteiger partial charge in [-0.3, -0.25) is 4.79 Å². The Morgan fingerprint density at radius 2 is 2.07 bits per heavy atom. The number of fused-ring (bicyclic) bond motifs is 1. The first-order chi connectivity index (χ1) is 14.0. The Morgan fingerprint density at radius 1 is 1.24 bits per heavy atom. The van der Waals surface area contributed by atoms with Crippen LogP contribution >= 0.6 is 11.6 Å². The molecule has 1 amide bonds. The fourth-order valence-electron chi connectivity index (χ4n) is 4.55. The molecule has 4 rings (SSSR count). The third-order valence-corrected chi connectivity index (χ3v) is 6.53. The molecule has 1 saturated heterocycles. The second kappa shape index (κ2) is 8.57. The molecule has 1 aliphatic carbocycles. The van der Waals surface area contributed by atoms with Gasteiger partial charge in [0.05, 0.1) is 18.7 Å². The van der Waals surface area contributed by atoms with Crippen molar-refractivity contribution in [3.63, 3.8) is 0 Å². The van der Waals surface area contributed by atoms with Crippen molar-refractivity contribution in [1.82, 2.24) is 15.3 Å². The number of alkyl halides is 1. The van der Waals surface area contributed by atoms with Crippen molar-refractivity contribution in [2.24, 2.45) is 11.8 Å². The van der Waals surface area contributed by atoms with Crippen LogP contribution in [-0.2, 0) is 4.79 Å². The first-order valence-corrected chi connectivity index (χ1v) is 10.7. The van der Waals surface area contributed by atoms with Crippen molar-refractivity contribution in [3.8, 4) is 17.0 Å². The second-order valence-electron chi connectivity index (χ2n) is 8.03. The number of hydrogen-bond acceptors (Lipinski definition) is 5. The number of piperidine rings is 1. The van der Waals surface area contributed by atoms with E-state index in [0.717, 1.165) is 42.7 Å². The molecule has 2 heterocycles. The van der Waals surface area contributed by atoms with E-state index in [4.69, 9.17) is 16.3 Å². The highest BCUT2D eigenvalue weighted by molar-refractivity contribution is 6.20. The van der Waals surface area contributed by atoms with E-state index in [1.165, 1.54) is 0 Å². The maximum Gasteiger partial charge on any atom is 0.225 e. The van der Waals surface area contributed by atoms with E-state index in [9.17, 15) is 4.79 Å². The number of nitrogens with one attached hydrogen (secondary N) is 2. The number of rotatable bonds is 5. The van der Waals surface area contributed by atoms with Crippen LogP contribution in [0.25, 0.3) is 11.3 Å². The fourth-order valence-corrected chi connectivity index (χ4v) is 4.90. The predicted molar refractivity (Wildman–Crippen MR) is 114 cm³/mol. The van der Waals surface area contributed by atoms with Gasteiger partial charge in [-0.15, -0.1) is 11.6 Å². The molecule has 29 heavy (non-hydrogen) atoms.